The standard InChI is InChI=1S/C23H27N3O2S/c1-16-3-4-21(27)19(13-16)20-14-18(23-17(2)5-12-29-23)15-22(25-20)24-6-7-26-8-10-28-11-9-26/h3-5,12-15,27H,6-11H2,1-2H3,(H,24,25). The van der Waals surface area contributed by atoms with Gasteiger partial charge in [0.15, 0.2) is 0 Å². The van der Waals surface area contributed by atoms with E-state index in [0.717, 1.165) is 67.6 Å². The number of phenolic OH excluding ortho intramolecular Hbond substituents is 1. The van der Waals surface area contributed by atoms with Crippen LogP contribution in [0, 0.1) is 13.8 Å². The molecule has 0 saturated carbocycles. The van der Waals surface area contributed by atoms with E-state index in [1.807, 2.05) is 19.1 Å². The topological polar surface area (TPSA) is 57.6 Å². The molecule has 1 aliphatic heterocycles. The van der Waals surface area contributed by atoms with Crippen molar-refractivity contribution in [2.24, 2.45) is 0 Å². The molecule has 5 nitrogen and oxygen atoms in total. The lowest BCUT2D eigenvalue weighted by Crippen LogP contribution is -2.39. The van der Waals surface area contributed by atoms with Crippen molar-refractivity contribution in [3.05, 3.63) is 52.9 Å². The van der Waals surface area contributed by atoms with Gasteiger partial charge in [-0.2, -0.15) is 0 Å². The first-order valence-electron chi connectivity index (χ1n) is 10.0. The lowest BCUT2D eigenvalue weighted by atomic mass is 10.0. The first kappa shape index (κ1) is 19.9. The van der Waals surface area contributed by atoms with E-state index in [9.17, 15) is 5.11 Å². The normalized spacial score (nSPS) is 14.8. The molecule has 1 aliphatic rings. The fourth-order valence-corrected chi connectivity index (χ4v) is 4.50. The Hall–Kier alpha value is -2.41. The van der Waals surface area contributed by atoms with Gasteiger partial charge >= 0.3 is 0 Å². The maximum atomic E-state index is 10.4. The quantitative estimate of drug-likeness (QED) is 0.626. The van der Waals surface area contributed by atoms with E-state index in [1.165, 1.54) is 10.4 Å². The minimum absolute atomic E-state index is 0.252. The fourth-order valence-electron chi connectivity index (χ4n) is 3.58. The van der Waals surface area contributed by atoms with Crippen LogP contribution in [0.5, 0.6) is 5.75 Å². The van der Waals surface area contributed by atoms with E-state index >= 15 is 0 Å². The van der Waals surface area contributed by atoms with E-state index in [-0.39, 0.29) is 5.75 Å². The molecular weight excluding hydrogens is 382 g/mol. The molecule has 3 aromatic rings. The van der Waals surface area contributed by atoms with Crippen LogP contribution in [0.1, 0.15) is 11.1 Å². The Balaban J connectivity index is 1.63. The van der Waals surface area contributed by atoms with Gasteiger partial charge in [0.05, 0.1) is 18.9 Å². The molecule has 29 heavy (non-hydrogen) atoms. The summed E-state index contributed by atoms with van der Waals surface area (Å²) in [4.78, 5) is 8.45. The zero-order valence-corrected chi connectivity index (χ0v) is 17.8. The second-order valence-corrected chi connectivity index (χ2v) is 8.38. The summed E-state index contributed by atoms with van der Waals surface area (Å²) in [6.07, 6.45) is 0. The summed E-state index contributed by atoms with van der Waals surface area (Å²) < 4.78 is 5.42. The number of benzene rings is 1. The molecule has 0 bridgehead atoms. The third-order valence-corrected chi connectivity index (χ3v) is 6.28. The van der Waals surface area contributed by atoms with Crippen LogP contribution in [-0.4, -0.2) is 54.4 Å². The van der Waals surface area contributed by atoms with Crippen LogP contribution < -0.4 is 5.32 Å². The van der Waals surface area contributed by atoms with Gasteiger partial charge in [-0.3, -0.25) is 4.90 Å². The Bertz CT molecular complexity index is 980. The number of pyridine rings is 1. The van der Waals surface area contributed by atoms with E-state index in [2.05, 4.69) is 40.7 Å². The summed E-state index contributed by atoms with van der Waals surface area (Å²) in [5, 5.41) is 16.0. The molecule has 0 radical (unpaired) electrons. The first-order valence-corrected chi connectivity index (χ1v) is 10.9. The molecule has 1 fully saturated rings. The zero-order valence-electron chi connectivity index (χ0n) is 16.9. The molecule has 4 rings (SSSR count). The molecule has 1 saturated heterocycles. The maximum Gasteiger partial charge on any atom is 0.127 e. The number of rotatable bonds is 6. The van der Waals surface area contributed by atoms with E-state index in [0.29, 0.717) is 0 Å². The van der Waals surface area contributed by atoms with Gasteiger partial charge in [-0.1, -0.05) is 11.6 Å². The van der Waals surface area contributed by atoms with Crippen molar-refractivity contribution in [1.29, 1.82) is 0 Å². The Morgan fingerprint density at radius 3 is 2.72 bits per heavy atom. The number of phenols is 1. The number of nitrogens with zero attached hydrogens (tertiary/aromatic N) is 2. The SMILES string of the molecule is Cc1ccc(O)c(-c2cc(-c3sccc3C)cc(NCCN3CCOCC3)n2)c1. The second-order valence-electron chi connectivity index (χ2n) is 7.46. The van der Waals surface area contributed by atoms with Crippen molar-refractivity contribution in [2.45, 2.75) is 13.8 Å². The summed E-state index contributed by atoms with van der Waals surface area (Å²) in [7, 11) is 0. The smallest absolute Gasteiger partial charge is 0.127 e. The molecule has 0 atom stereocenters. The number of anilines is 1. The molecular formula is C23H27N3O2S. The van der Waals surface area contributed by atoms with Crippen LogP contribution in [0.15, 0.2) is 41.8 Å². The van der Waals surface area contributed by atoms with Gasteiger partial charge in [-0.05, 0) is 60.7 Å². The molecule has 152 valence electrons. The van der Waals surface area contributed by atoms with Crippen LogP contribution in [0.25, 0.3) is 21.7 Å². The molecule has 0 amide bonds. The van der Waals surface area contributed by atoms with Crippen LogP contribution >= 0.6 is 11.3 Å². The van der Waals surface area contributed by atoms with Crippen molar-refractivity contribution in [3.8, 4) is 27.4 Å². The molecule has 1 aromatic carbocycles. The lowest BCUT2D eigenvalue weighted by Gasteiger charge is -2.26. The van der Waals surface area contributed by atoms with Crippen LogP contribution in [0.4, 0.5) is 5.82 Å². The number of thiophene rings is 1. The van der Waals surface area contributed by atoms with Gasteiger partial charge in [-0.25, -0.2) is 4.98 Å². The number of hydrogen-bond donors (Lipinski definition) is 2. The van der Waals surface area contributed by atoms with Crippen molar-refractivity contribution < 1.29 is 9.84 Å². The zero-order chi connectivity index (χ0) is 20.2. The van der Waals surface area contributed by atoms with Gasteiger partial charge in [0, 0.05) is 36.6 Å². The van der Waals surface area contributed by atoms with Gasteiger partial charge in [0.2, 0.25) is 0 Å². The van der Waals surface area contributed by atoms with Gasteiger partial charge in [0.25, 0.3) is 0 Å². The monoisotopic (exact) mass is 409 g/mol. The number of nitrogens with one attached hydrogen (secondary N) is 1. The highest BCUT2D eigenvalue weighted by molar-refractivity contribution is 7.13. The average molecular weight is 410 g/mol. The van der Waals surface area contributed by atoms with Crippen LogP contribution in [0.3, 0.4) is 0 Å². The molecule has 0 unspecified atom stereocenters. The van der Waals surface area contributed by atoms with E-state index < -0.39 is 0 Å². The van der Waals surface area contributed by atoms with Gasteiger partial charge in [-0.15, -0.1) is 11.3 Å². The summed E-state index contributed by atoms with van der Waals surface area (Å²) >= 11 is 1.73. The molecule has 0 aliphatic carbocycles. The Morgan fingerprint density at radius 2 is 1.97 bits per heavy atom. The number of hydrogen-bond acceptors (Lipinski definition) is 6. The predicted octanol–water partition coefficient (Wildman–Crippen LogP) is 4.54. The van der Waals surface area contributed by atoms with Gasteiger partial charge < -0.3 is 15.2 Å². The first-order chi connectivity index (χ1) is 14.1. The lowest BCUT2D eigenvalue weighted by molar-refractivity contribution is 0.0398. The predicted molar refractivity (Wildman–Crippen MR) is 120 cm³/mol. The third-order valence-electron chi connectivity index (χ3n) is 5.22. The maximum absolute atomic E-state index is 10.4. The molecule has 6 heteroatoms. The number of aromatic hydroxyl groups is 1. The number of aryl methyl sites for hydroxylation is 2. The van der Waals surface area contributed by atoms with Crippen LogP contribution in [0.2, 0.25) is 0 Å². The number of morpholine rings is 1. The van der Waals surface area contributed by atoms with Crippen molar-refractivity contribution in [2.75, 3.05) is 44.7 Å². The van der Waals surface area contributed by atoms with E-state index in [4.69, 9.17) is 9.72 Å². The van der Waals surface area contributed by atoms with Crippen LogP contribution in [-0.2, 0) is 4.74 Å². The summed E-state index contributed by atoms with van der Waals surface area (Å²) in [6.45, 7) is 9.50. The summed E-state index contributed by atoms with van der Waals surface area (Å²) in [6, 6.07) is 11.9. The average Bonchev–Trinajstić information content (AvgIpc) is 3.16. The summed E-state index contributed by atoms with van der Waals surface area (Å²) in [5.41, 5.74) is 5.01. The highest BCUT2D eigenvalue weighted by Gasteiger charge is 2.14. The van der Waals surface area contributed by atoms with Gasteiger partial charge in [0.1, 0.15) is 11.6 Å². The molecule has 3 heterocycles. The van der Waals surface area contributed by atoms with Crippen molar-refractivity contribution in [1.82, 2.24) is 9.88 Å². The van der Waals surface area contributed by atoms with Crippen molar-refractivity contribution in [3.63, 3.8) is 0 Å². The second kappa shape index (κ2) is 8.95. The van der Waals surface area contributed by atoms with E-state index in [1.54, 1.807) is 17.4 Å². The fraction of sp³-hybridized carbons (Fsp3) is 0.348. The minimum atomic E-state index is 0.252. The Labute approximate surface area is 176 Å². The minimum Gasteiger partial charge on any atom is -0.507 e. The number of ether oxygens (including phenoxy) is 1. The molecule has 2 aromatic heterocycles. The highest BCUT2D eigenvalue weighted by atomic mass is 32.1. The highest BCUT2D eigenvalue weighted by Crippen LogP contribution is 2.36. The third kappa shape index (κ3) is 4.78. The summed E-state index contributed by atoms with van der Waals surface area (Å²) in [5.74, 6) is 1.09. The van der Waals surface area contributed by atoms with Crippen molar-refractivity contribution >= 4 is 17.2 Å². The largest absolute Gasteiger partial charge is 0.507 e. The molecule has 0 spiro atoms. The molecule has 2 N–H and O–H groups in total. The number of aromatic nitrogens is 1. The Morgan fingerprint density at radius 1 is 1.14 bits per heavy atom. The Kier molecular flexibility index (Phi) is 6.13.